The topological polar surface area (TPSA) is 37.3 Å². The quantitative estimate of drug-likeness (QED) is 0.846. The van der Waals surface area contributed by atoms with Gasteiger partial charge in [0.05, 0.1) is 10.2 Å². The zero-order chi connectivity index (χ0) is 10.8. The fraction of sp³-hybridized carbons (Fsp3) is 0.200. The van der Waals surface area contributed by atoms with Crippen LogP contribution in [0.2, 0.25) is 0 Å². The number of benzene rings is 1. The summed E-state index contributed by atoms with van der Waals surface area (Å²) in [6.45, 7) is 0. The first-order chi connectivity index (χ1) is 7.92. The van der Waals surface area contributed by atoms with Gasteiger partial charge in [0.2, 0.25) is 5.13 Å². The molecular weight excluding hydrogens is 258 g/mol. The van der Waals surface area contributed by atoms with Crippen LogP contribution in [0.5, 0.6) is 0 Å². The van der Waals surface area contributed by atoms with Gasteiger partial charge in [0.1, 0.15) is 4.38 Å². The average Bonchev–Trinajstić information content (AvgIpc) is 2.95. The van der Waals surface area contributed by atoms with E-state index in [0.29, 0.717) is 0 Å². The largest absolute Gasteiger partial charge is 0.251 e. The summed E-state index contributed by atoms with van der Waals surface area (Å²) in [4.78, 5) is 4.46. The maximum atomic E-state index is 4.46. The van der Waals surface area contributed by atoms with Gasteiger partial charge < -0.3 is 0 Å². The van der Waals surface area contributed by atoms with E-state index in [-0.39, 0.29) is 0 Å². The van der Waals surface area contributed by atoms with Crippen LogP contribution < -0.4 is 5.43 Å². The van der Waals surface area contributed by atoms with Crippen molar-refractivity contribution in [1.29, 1.82) is 0 Å². The molecule has 0 bridgehead atoms. The van der Waals surface area contributed by atoms with Gasteiger partial charge in [-0.15, -0.1) is 0 Å². The first-order valence-corrected chi connectivity index (χ1v) is 7.65. The predicted octanol–water partition coefficient (Wildman–Crippen LogP) is 3.46. The SMILES string of the molecule is c1ccc2sc(NN=C3SCCS3)nc2c1. The van der Waals surface area contributed by atoms with E-state index >= 15 is 0 Å². The lowest BCUT2D eigenvalue weighted by Gasteiger charge is -1.94. The Kier molecular flexibility index (Phi) is 3.03. The van der Waals surface area contributed by atoms with Crippen molar-refractivity contribution in [3.8, 4) is 0 Å². The van der Waals surface area contributed by atoms with Crippen LogP contribution in [0.4, 0.5) is 5.13 Å². The van der Waals surface area contributed by atoms with E-state index < -0.39 is 0 Å². The van der Waals surface area contributed by atoms with Gasteiger partial charge in [-0.25, -0.2) is 4.98 Å². The molecule has 1 N–H and O–H groups in total. The van der Waals surface area contributed by atoms with Crippen LogP contribution in [0.3, 0.4) is 0 Å². The van der Waals surface area contributed by atoms with Crippen molar-refractivity contribution < 1.29 is 0 Å². The number of anilines is 1. The number of hydrogen-bond acceptors (Lipinski definition) is 6. The van der Waals surface area contributed by atoms with Gasteiger partial charge in [-0.05, 0) is 12.1 Å². The Morgan fingerprint density at radius 2 is 2.00 bits per heavy atom. The molecule has 1 aliphatic heterocycles. The zero-order valence-corrected chi connectivity index (χ0v) is 10.8. The molecular formula is C10H9N3S3. The van der Waals surface area contributed by atoms with Crippen molar-refractivity contribution in [3.05, 3.63) is 24.3 Å². The molecule has 0 amide bonds. The number of hydrazone groups is 1. The van der Waals surface area contributed by atoms with E-state index in [1.165, 1.54) is 4.70 Å². The highest BCUT2D eigenvalue weighted by Crippen LogP contribution is 2.28. The fourth-order valence-corrected chi connectivity index (χ4v) is 4.26. The Bertz CT molecular complexity index is 494. The first-order valence-electron chi connectivity index (χ1n) is 4.87. The van der Waals surface area contributed by atoms with E-state index in [9.17, 15) is 0 Å². The van der Waals surface area contributed by atoms with Crippen molar-refractivity contribution in [2.75, 3.05) is 16.9 Å². The second-order valence-electron chi connectivity index (χ2n) is 3.17. The molecule has 6 heteroatoms. The van der Waals surface area contributed by atoms with Crippen LogP contribution in [0.25, 0.3) is 10.2 Å². The Hall–Kier alpha value is -0.720. The fourth-order valence-electron chi connectivity index (χ4n) is 1.38. The van der Waals surface area contributed by atoms with Crippen LogP contribution in [0, 0.1) is 0 Å². The van der Waals surface area contributed by atoms with E-state index in [1.54, 1.807) is 34.9 Å². The molecule has 1 aromatic carbocycles. The van der Waals surface area contributed by atoms with Crippen molar-refractivity contribution in [1.82, 2.24) is 4.98 Å². The van der Waals surface area contributed by atoms with Crippen molar-refractivity contribution >= 4 is 54.6 Å². The third-order valence-electron chi connectivity index (χ3n) is 2.07. The van der Waals surface area contributed by atoms with Crippen LogP contribution in [-0.4, -0.2) is 20.9 Å². The molecule has 16 heavy (non-hydrogen) atoms. The number of thiazole rings is 1. The number of hydrogen-bond donors (Lipinski definition) is 1. The van der Waals surface area contributed by atoms with Crippen molar-refractivity contribution in [2.45, 2.75) is 0 Å². The zero-order valence-electron chi connectivity index (χ0n) is 8.34. The number of nitrogens with one attached hydrogen (secondary N) is 1. The number of aromatic nitrogens is 1. The molecule has 2 aromatic rings. The highest BCUT2D eigenvalue weighted by molar-refractivity contribution is 8.41. The maximum Gasteiger partial charge on any atom is 0.204 e. The summed E-state index contributed by atoms with van der Waals surface area (Å²) in [7, 11) is 0. The summed E-state index contributed by atoms with van der Waals surface area (Å²) in [6, 6.07) is 8.12. The summed E-state index contributed by atoms with van der Waals surface area (Å²) < 4.78 is 2.30. The molecule has 3 rings (SSSR count). The van der Waals surface area contributed by atoms with Crippen molar-refractivity contribution in [2.24, 2.45) is 5.10 Å². The number of rotatable bonds is 2. The third-order valence-corrected chi connectivity index (χ3v) is 5.47. The first kappa shape index (κ1) is 10.4. The van der Waals surface area contributed by atoms with Crippen LogP contribution in [0.1, 0.15) is 0 Å². The van der Waals surface area contributed by atoms with E-state index in [0.717, 1.165) is 26.5 Å². The molecule has 1 aliphatic rings. The molecule has 0 saturated carbocycles. The second kappa shape index (κ2) is 4.65. The van der Waals surface area contributed by atoms with E-state index in [4.69, 9.17) is 0 Å². The highest BCUT2D eigenvalue weighted by Gasteiger charge is 2.09. The smallest absolute Gasteiger partial charge is 0.204 e. The lowest BCUT2D eigenvalue weighted by atomic mass is 10.3. The third kappa shape index (κ3) is 2.18. The molecule has 1 fully saturated rings. The summed E-state index contributed by atoms with van der Waals surface area (Å²) in [5, 5.41) is 5.19. The van der Waals surface area contributed by atoms with Gasteiger partial charge in [0.15, 0.2) is 0 Å². The summed E-state index contributed by atoms with van der Waals surface area (Å²) in [5.41, 5.74) is 4.06. The Morgan fingerprint density at radius 3 is 2.81 bits per heavy atom. The normalized spacial score (nSPS) is 15.6. The molecule has 0 unspecified atom stereocenters. The molecule has 1 saturated heterocycles. The molecule has 0 spiro atoms. The number of nitrogens with zero attached hydrogens (tertiary/aromatic N) is 2. The summed E-state index contributed by atoms with van der Waals surface area (Å²) >= 11 is 5.22. The van der Waals surface area contributed by atoms with Crippen LogP contribution in [0.15, 0.2) is 29.4 Å². The monoisotopic (exact) mass is 267 g/mol. The van der Waals surface area contributed by atoms with Crippen LogP contribution in [-0.2, 0) is 0 Å². The van der Waals surface area contributed by atoms with Crippen molar-refractivity contribution in [3.63, 3.8) is 0 Å². The Balaban J connectivity index is 1.81. The molecule has 3 nitrogen and oxygen atoms in total. The Labute approximate surface area is 106 Å². The molecule has 1 aromatic heterocycles. The van der Waals surface area contributed by atoms with E-state index in [1.807, 2.05) is 18.2 Å². The lowest BCUT2D eigenvalue weighted by molar-refractivity contribution is 1.32. The minimum atomic E-state index is 0.863. The summed E-state index contributed by atoms with van der Waals surface area (Å²) in [5.74, 6) is 2.32. The second-order valence-corrected chi connectivity index (χ2v) is 6.63. The summed E-state index contributed by atoms with van der Waals surface area (Å²) in [6.07, 6.45) is 0. The minimum Gasteiger partial charge on any atom is -0.251 e. The average molecular weight is 267 g/mol. The molecule has 2 heterocycles. The lowest BCUT2D eigenvalue weighted by Crippen LogP contribution is -1.90. The van der Waals surface area contributed by atoms with E-state index in [2.05, 4.69) is 21.6 Å². The van der Waals surface area contributed by atoms with Gasteiger partial charge in [-0.2, -0.15) is 5.10 Å². The molecule has 82 valence electrons. The molecule has 0 atom stereocenters. The highest BCUT2D eigenvalue weighted by atomic mass is 32.2. The molecule has 0 radical (unpaired) electrons. The maximum absolute atomic E-state index is 4.46. The van der Waals surface area contributed by atoms with Gasteiger partial charge in [0.25, 0.3) is 0 Å². The predicted molar refractivity (Wildman–Crippen MR) is 75.6 cm³/mol. The minimum absolute atomic E-state index is 0.863. The number of thioether (sulfide) groups is 2. The Morgan fingerprint density at radius 1 is 1.19 bits per heavy atom. The van der Waals surface area contributed by atoms with Gasteiger partial charge in [-0.1, -0.05) is 47.0 Å². The van der Waals surface area contributed by atoms with Gasteiger partial charge in [-0.3, -0.25) is 5.43 Å². The van der Waals surface area contributed by atoms with Gasteiger partial charge >= 0.3 is 0 Å². The molecule has 0 aliphatic carbocycles. The standard InChI is InChI=1S/C10H9N3S3/c1-2-4-8-7(3-1)11-9(16-8)12-13-10-14-5-6-15-10/h1-4H,5-6H2,(H,11,12). The van der Waals surface area contributed by atoms with Gasteiger partial charge in [0, 0.05) is 11.5 Å². The van der Waals surface area contributed by atoms with Crippen LogP contribution >= 0.6 is 34.9 Å². The number of para-hydroxylation sites is 1. The number of fused-ring (bicyclic) bond motifs is 1.